The Hall–Kier alpha value is -2.62. The van der Waals surface area contributed by atoms with Gasteiger partial charge in [0.15, 0.2) is 0 Å². The van der Waals surface area contributed by atoms with Crippen molar-refractivity contribution in [2.75, 3.05) is 5.73 Å². The number of aryl methyl sites for hydroxylation is 1. The van der Waals surface area contributed by atoms with Crippen LogP contribution in [0.4, 0.5) is 5.69 Å². The summed E-state index contributed by atoms with van der Waals surface area (Å²) in [5.74, 6) is 0. The van der Waals surface area contributed by atoms with Crippen LogP contribution in [0.5, 0.6) is 0 Å². The van der Waals surface area contributed by atoms with Gasteiger partial charge >= 0.3 is 0 Å². The van der Waals surface area contributed by atoms with Crippen molar-refractivity contribution < 1.29 is 0 Å². The minimum Gasteiger partial charge on any atom is -0.398 e. The van der Waals surface area contributed by atoms with Gasteiger partial charge in [0, 0.05) is 29.2 Å². The molecule has 19 heavy (non-hydrogen) atoms. The van der Waals surface area contributed by atoms with Crippen molar-refractivity contribution in [1.29, 1.82) is 0 Å². The number of nitrogens with zero attached hydrogens (tertiary/aromatic N) is 3. The van der Waals surface area contributed by atoms with Gasteiger partial charge in [-0.15, -0.1) is 0 Å². The summed E-state index contributed by atoms with van der Waals surface area (Å²) in [6.07, 6.45) is 7.39. The third kappa shape index (κ3) is 2.20. The molecule has 0 aliphatic heterocycles. The van der Waals surface area contributed by atoms with E-state index in [0.717, 1.165) is 28.1 Å². The van der Waals surface area contributed by atoms with Crippen LogP contribution in [0.1, 0.15) is 5.56 Å². The van der Waals surface area contributed by atoms with Crippen molar-refractivity contribution in [3.8, 4) is 16.8 Å². The standard InChI is InChI=1S/C15H14N4/c1-11-6-13(9-17-7-11)19-10-12(8-18-19)14-4-2-3-5-15(14)16/h2-10H,16H2,1H3. The van der Waals surface area contributed by atoms with Gasteiger partial charge in [-0.2, -0.15) is 5.10 Å². The Morgan fingerprint density at radius 1 is 1.11 bits per heavy atom. The number of rotatable bonds is 2. The summed E-state index contributed by atoms with van der Waals surface area (Å²) in [5.41, 5.74) is 10.8. The van der Waals surface area contributed by atoms with Gasteiger partial charge in [0.2, 0.25) is 0 Å². The number of benzene rings is 1. The first-order valence-corrected chi connectivity index (χ1v) is 6.05. The van der Waals surface area contributed by atoms with Crippen LogP contribution in [0.3, 0.4) is 0 Å². The summed E-state index contributed by atoms with van der Waals surface area (Å²) in [6, 6.07) is 9.81. The predicted octanol–water partition coefficient (Wildman–Crippen LogP) is 2.82. The molecule has 94 valence electrons. The van der Waals surface area contributed by atoms with Crippen LogP contribution in [-0.4, -0.2) is 14.8 Å². The summed E-state index contributed by atoms with van der Waals surface area (Å²) in [6.45, 7) is 2.01. The molecule has 0 spiro atoms. The SMILES string of the molecule is Cc1cncc(-n2cc(-c3ccccc3N)cn2)c1. The smallest absolute Gasteiger partial charge is 0.0831 e. The number of nitrogens with two attached hydrogens (primary N) is 1. The Morgan fingerprint density at radius 2 is 1.95 bits per heavy atom. The van der Waals surface area contributed by atoms with Crippen molar-refractivity contribution in [3.05, 3.63) is 60.7 Å². The Labute approximate surface area is 111 Å². The van der Waals surface area contributed by atoms with Gasteiger partial charge in [0.1, 0.15) is 0 Å². The summed E-state index contributed by atoms with van der Waals surface area (Å²) in [5, 5.41) is 4.37. The van der Waals surface area contributed by atoms with Crippen LogP contribution in [0.25, 0.3) is 16.8 Å². The molecule has 0 saturated heterocycles. The van der Waals surface area contributed by atoms with E-state index in [9.17, 15) is 0 Å². The van der Waals surface area contributed by atoms with Gasteiger partial charge in [-0.3, -0.25) is 4.98 Å². The second-order valence-corrected chi connectivity index (χ2v) is 4.48. The number of aromatic nitrogens is 3. The zero-order chi connectivity index (χ0) is 13.2. The molecule has 4 heteroatoms. The maximum Gasteiger partial charge on any atom is 0.0831 e. The van der Waals surface area contributed by atoms with Crippen molar-refractivity contribution in [3.63, 3.8) is 0 Å². The fourth-order valence-electron chi connectivity index (χ4n) is 2.03. The molecule has 0 bridgehead atoms. The average molecular weight is 250 g/mol. The highest BCUT2D eigenvalue weighted by Gasteiger charge is 2.06. The Balaban J connectivity index is 2.03. The van der Waals surface area contributed by atoms with Gasteiger partial charge in [0.25, 0.3) is 0 Å². The minimum absolute atomic E-state index is 0.754. The first-order valence-electron chi connectivity index (χ1n) is 6.05. The van der Waals surface area contributed by atoms with Gasteiger partial charge in [-0.25, -0.2) is 4.68 Å². The molecule has 0 unspecified atom stereocenters. The van der Waals surface area contributed by atoms with E-state index >= 15 is 0 Å². The normalized spacial score (nSPS) is 10.6. The quantitative estimate of drug-likeness (QED) is 0.711. The number of hydrogen-bond donors (Lipinski definition) is 1. The molecule has 3 rings (SSSR count). The molecule has 3 aromatic rings. The lowest BCUT2D eigenvalue weighted by atomic mass is 10.1. The molecular weight excluding hydrogens is 236 g/mol. The molecule has 2 N–H and O–H groups in total. The fraction of sp³-hybridized carbons (Fsp3) is 0.0667. The molecule has 0 saturated carbocycles. The Morgan fingerprint density at radius 3 is 2.74 bits per heavy atom. The van der Waals surface area contributed by atoms with Gasteiger partial charge in [-0.05, 0) is 24.6 Å². The predicted molar refractivity (Wildman–Crippen MR) is 75.9 cm³/mol. The Kier molecular flexibility index (Phi) is 2.76. The fourth-order valence-corrected chi connectivity index (χ4v) is 2.03. The van der Waals surface area contributed by atoms with E-state index in [4.69, 9.17) is 5.73 Å². The van der Waals surface area contributed by atoms with Crippen molar-refractivity contribution in [2.24, 2.45) is 0 Å². The number of nitrogen functional groups attached to an aromatic ring is 1. The number of pyridine rings is 1. The largest absolute Gasteiger partial charge is 0.398 e. The average Bonchev–Trinajstić information content (AvgIpc) is 2.89. The van der Waals surface area contributed by atoms with Crippen LogP contribution in [0.2, 0.25) is 0 Å². The molecule has 0 aliphatic carbocycles. The zero-order valence-corrected chi connectivity index (χ0v) is 10.6. The van der Waals surface area contributed by atoms with E-state index < -0.39 is 0 Å². The van der Waals surface area contributed by atoms with Crippen LogP contribution in [0.15, 0.2) is 55.1 Å². The number of hydrogen-bond acceptors (Lipinski definition) is 3. The molecule has 0 amide bonds. The highest BCUT2D eigenvalue weighted by molar-refractivity contribution is 5.75. The first kappa shape index (κ1) is 11.5. The van der Waals surface area contributed by atoms with Crippen LogP contribution >= 0.6 is 0 Å². The summed E-state index contributed by atoms with van der Waals surface area (Å²) in [4.78, 5) is 4.17. The summed E-state index contributed by atoms with van der Waals surface area (Å²) in [7, 11) is 0. The third-order valence-corrected chi connectivity index (χ3v) is 2.98. The molecule has 1 aromatic carbocycles. The lowest BCUT2D eigenvalue weighted by molar-refractivity contribution is 0.872. The van der Waals surface area contributed by atoms with E-state index in [1.807, 2.05) is 60.5 Å². The van der Waals surface area contributed by atoms with E-state index in [1.54, 1.807) is 6.20 Å². The number of para-hydroxylation sites is 1. The maximum absolute atomic E-state index is 5.98. The van der Waals surface area contributed by atoms with Gasteiger partial charge < -0.3 is 5.73 Å². The van der Waals surface area contributed by atoms with E-state index in [-0.39, 0.29) is 0 Å². The highest BCUT2D eigenvalue weighted by atomic mass is 15.3. The second-order valence-electron chi connectivity index (χ2n) is 4.48. The number of anilines is 1. The topological polar surface area (TPSA) is 56.7 Å². The van der Waals surface area contributed by atoms with Crippen LogP contribution < -0.4 is 5.73 Å². The van der Waals surface area contributed by atoms with Crippen LogP contribution in [0, 0.1) is 6.92 Å². The molecule has 0 radical (unpaired) electrons. The van der Waals surface area contributed by atoms with Crippen LogP contribution in [-0.2, 0) is 0 Å². The molecule has 0 aliphatic rings. The summed E-state index contributed by atoms with van der Waals surface area (Å²) >= 11 is 0. The zero-order valence-electron chi connectivity index (χ0n) is 10.6. The Bertz CT molecular complexity index is 715. The van der Waals surface area contributed by atoms with E-state index in [1.165, 1.54) is 0 Å². The van der Waals surface area contributed by atoms with Gasteiger partial charge in [-0.1, -0.05) is 18.2 Å². The lowest BCUT2D eigenvalue weighted by Crippen LogP contribution is -1.95. The molecular formula is C15H14N4. The minimum atomic E-state index is 0.754. The van der Waals surface area contributed by atoms with Gasteiger partial charge in [0.05, 0.1) is 18.1 Å². The lowest BCUT2D eigenvalue weighted by Gasteiger charge is -2.02. The van der Waals surface area contributed by atoms with E-state index in [0.29, 0.717) is 0 Å². The molecule has 0 fully saturated rings. The second kappa shape index (κ2) is 4.57. The third-order valence-electron chi connectivity index (χ3n) is 2.98. The highest BCUT2D eigenvalue weighted by Crippen LogP contribution is 2.25. The molecule has 2 aromatic heterocycles. The van der Waals surface area contributed by atoms with E-state index in [2.05, 4.69) is 10.1 Å². The monoisotopic (exact) mass is 250 g/mol. The van der Waals surface area contributed by atoms with Crippen molar-refractivity contribution >= 4 is 5.69 Å². The van der Waals surface area contributed by atoms with Crippen molar-refractivity contribution in [1.82, 2.24) is 14.8 Å². The first-order chi connectivity index (χ1) is 9.24. The molecule has 4 nitrogen and oxygen atoms in total. The van der Waals surface area contributed by atoms with Crippen molar-refractivity contribution in [2.45, 2.75) is 6.92 Å². The summed E-state index contributed by atoms with van der Waals surface area (Å²) < 4.78 is 1.81. The maximum atomic E-state index is 5.98. The molecule has 0 atom stereocenters. The molecule has 2 heterocycles.